The van der Waals surface area contributed by atoms with Crippen LogP contribution in [0.2, 0.25) is 10.0 Å². The van der Waals surface area contributed by atoms with Crippen molar-refractivity contribution >= 4 is 39.1 Å². The van der Waals surface area contributed by atoms with Crippen LogP contribution in [0.15, 0.2) is 34.8 Å². The third-order valence-electron chi connectivity index (χ3n) is 3.72. The summed E-state index contributed by atoms with van der Waals surface area (Å²) in [6.45, 7) is 3.04. The number of benzene rings is 2. The Morgan fingerprint density at radius 1 is 1.08 bits per heavy atom. The molecule has 0 spiro atoms. The van der Waals surface area contributed by atoms with Crippen LogP contribution >= 0.6 is 39.1 Å². The number of nitrogens with zero attached hydrogens (tertiary/aromatic N) is 1. The monoisotopic (exact) mass is 460 g/mol. The average molecular weight is 462 g/mol. The van der Waals surface area contributed by atoms with E-state index in [0.717, 1.165) is 35.2 Å². The molecule has 0 radical (unpaired) electrons. The predicted octanol–water partition coefficient (Wildman–Crippen LogP) is 4.99. The van der Waals surface area contributed by atoms with Gasteiger partial charge in [-0.05, 0) is 65.4 Å². The number of rotatable bonds is 9. The van der Waals surface area contributed by atoms with E-state index in [9.17, 15) is 0 Å². The molecule has 0 aliphatic heterocycles. The van der Waals surface area contributed by atoms with Crippen LogP contribution in [-0.2, 0) is 13.2 Å². The topological polar surface area (TPSA) is 33.7 Å². The highest BCUT2D eigenvalue weighted by Gasteiger charge is 2.12. The summed E-state index contributed by atoms with van der Waals surface area (Å²) in [5.74, 6) is 1.35. The van der Waals surface area contributed by atoms with Crippen LogP contribution in [0.1, 0.15) is 11.1 Å². The highest BCUT2D eigenvalue weighted by atomic mass is 79.9. The minimum Gasteiger partial charge on any atom is -0.493 e. The number of likely N-dealkylation sites (N-methyl/N-ethyl adjacent to an activating group) is 1. The van der Waals surface area contributed by atoms with Crippen LogP contribution in [-0.4, -0.2) is 39.2 Å². The molecular formula is C19H23BrCl2N2O2. The summed E-state index contributed by atoms with van der Waals surface area (Å²) in [5.41, 5.74) is 2.05. The molecule has 142 valence electrons. The van der Waals surface area contributed by atoms with Crippen molar-refractivity contribution in [1.82, 2.24) is 10.2 Å². The first-order valence-corrected chi connectivity index (χ1v) is 9.74. The first kappa shape index (κ1) is 21.3. The molecule has 0 aromatic heterocycles. The number of ether oxygens (including phenoxy) is 2. The maximum absolute atomic E-state index is 6.05. The van der Waals surface area contributed by atoms with Gasteiger partial charge in [-0.15, -0.1) is 0 Å². The molecule has 1 N–H and O–H groups in total. The van der Waals surface area contributed by atoms with E-state index >= 15 is 0 Å². The van der Waals surface area contributed by atoms with Gasteiger partial charge in [0, 0.05) is 19.6 Å². The Hall–Kier alpha value is -0.980. The van der Waals surface area contributed by atoms with Gasteiger partial charge in [0.25, 0.3) is 0 Å². The summed E-state index contributed by atoms with van der Waals surface area (Å²) in [6.07, 6.45) is 0. The highest BCUT2D eigenvalue weighted by Crippen LogP contribution is 2.37. The Balaban J connectivity index is 2.04. The average Bonchev–Trinajstić information content (AvgIpc) is 2.60. The lowest BCUT2D eigenvalue weighted by Gasteiger charge is -2.15. The van der Waals surface area contributed by atoms with Gasteiger partial charge in [-0.25, -0.2) is 0 Å². The molecule has 2 aromatic carbocycles. The normalized spacial score (nSPS) is 11.0. The fourth-order valence-electron chi connectivity index (χ4n) is 2.34. The second-order valence-corrected chi connectivity index (χ2v) is 7.79. The van der Waals surface area contributed by atoms with Crippen LogP contribution in [0.25, 0.3) is 0 Å². The maximum atomic E-state index is 6.05. The Kier molecular flexibility index (Phi) is 8.51. The van der Waals surface area contributed by atoms with Crippen LogP contribution in [0.3, 0.4) is 0 Å². The van der Waals surface area contributed by atoms with Crippen molar-refractivity contribution in [3.63, 3.8) is 0 Å². The van der Waals surface area contributed by atoms with Gasteiger partial charge in [0.15, 0.2) is 11.5 Å². The van der Waals surface area contributed by atoms with Crippen LogP contribution in [0.4, 0.5) is 0 Å². The Labute approximate surface area is 173 Å². The molecule has 26 heavy (non-hydrogen) atoms. The van der Waals surface area contributed by atoms with Gasteiger partial charge < -0.3 is 19.7 Å². The van der Waals surface area contributed by atoms with Gasteiger partial charge >= 0.3 is 0 Å². The summed E-state index contributed by atoms with van der Waals surface area (Å²) in [4.78, 5) is 2.14. The standard InChI is InChI=1S/C19H23BrCl2N2O2/c1-24(2)7-6-23-11-14-8-15(20)19(18(10-14)25-3)26-12-13-4-5-16(21)17(22)9-13/h4-5,8-10,23H,6-7,11-12H2,1-3H3. The van der Waals surface area contributed by atoms with Gasteiger partial charge in [-0.3, -0.25) is 0 Å². The summed E-state index contributed by atoms with van der Waals surface area (Å²) in [6, 6.07) is 9.47. The second kappa shape index (κ2) is 10.4. The molecule has 2 rings (SSSR count). The van der Waals surface area contributed by atoms with E-state index in [1.54, 1.807) is 19.2 Å². The summed E-state index contributed by atoms with van der Waals surface area (Å²) in [7, 11) is 5.75. The molecule has 0 amide bonds. The quantitative estimate of drug-likeness (QED) is 0.533. The van der Waals surface area contributed by atoms with Crippen molar-refractivity contribution in [2.45, 2.75) is 13.2 Å². The van der Waals surface area contributed by atoms with Gasteiger partial charge in [0.1, 0.15) is 6.61 Å². The smallest absolute Gasteiger partial charge is 0.175 e. The first-order chi connectivity index (χ1) is 12.4. The maximum Gasteiger partial charge on any atom is 0.175 e. The number of hydrogen-bond acceptors (Lipinski definition) is 4. The molecule has 0 fully saturated rings. The molecule has 4 nitrogen and oxygen atoms in total. The summed E-state index contributed by atoms with van der Waals surface area (Å²) < 4.78 is 12.3. The SMILES string of the molecule is COc1cc(CNCCN(C)C)cc(Br)c1OCc1ccc(Cl)c(Cl)c1. The molecular weight excluding hydrogens is 439 g/mol. The zero-order valence-electron chi connectivity index (χ0n) is 15.1. The summed E-state index contributed by atoms with van der Waals surface area (Å²) in [5, 5.41) is 4.45. The fraction of sp³-hybridized carbons (Fsp3) is 0.368. The van der Waals surface area contributed by atoms with Gasteiger partial charge in [0.2, 0.25) is 0 Å². The molecule has 0 saturated heterocycles. The Morgan fingerprint density at radius 2 is 1.85 bits per heavy atom. The summed E-state index contributed by atoms with van der Waals surface area (Å²) >= 11 is 15.6. The molecule has 7 heteroatoms. The van der Waals surface area contributed by atoms with E-state index < -0.39 is 0 Å². The van der Waals surface area contributed by atoms with E-state index in [2.05, 4.69) is 40.2 Å². The van der Waals surface area contributed by atoms with Crippen LogP contribution in [0, 0.1) is 0 Å². The van der Waals surface area contributed by atoms with E-state index in [0.29, 0.717) is 28.2 Å². The minimum atomic E-state index is 0.367. The second-order valence-electron chi connectivity index (χ2n) is 6.13. The van der Waals surface area contributed by atoms with Crippen molar-refractivity contribution < 1.29 is 9.47 Å². The number of nitrogens with one attached hydrogen (secondary N) is 1. The van der Waals surface area contributed by atoms with E-state index in [-0.39, 0.29) is 0 Å². The van der Waals surface area contributed by atoms with Crippen molar-refractivity contribution in [3.8, 4) is 11.5 Å². The lowest BCUT2D eigenvalue weighted by Crippen LogP contribution is -2.26. The number of halogens is 3. The third kappa shape index (κ3) is 6.32. The van der Waals surface area contributed by atoms with Crippen molar-refractivity contribution in [2.75, 3.05) is 34.3 Å². The third-order valence-corrected chi connectivity index (χ3v) is 5.05. The molecule has 0 bridgehead atoms. The van der Waals surface area contributed by atoms with Crippen LogP contribution in [0.5, 0.6) is 11.5 Å². The van der Waals surface area contributed by atoms with E-state index in [4.69, 9.17) is 32.7 Å². The fourth-order valence-corrected chi connectivity index (χ4v) is 3.26. The molecule has 0 unspecified atom stereocenters. The number of hydrogen-bond donors (Lipinski definition) is 1. The van der Waals surface area contributed by atoms with Crippen molar-refractivity contribution in [2.24, 2.45) is 0 Å². The van der Waals surface area contributed by atoms with E-state index in [1.165, 1.54) is 0 Å². The Morgan fingerprint density at radius 3 is 2.50 bits per heavy atom. The lowest BCUT2D eigenvalue weighted by atomic mass is 10.2. The number of methoxy groups -OCH3 is 1. The molecule has 0 heterocycles. The van der Waals surface area contributed by atoms with E-state index in [1.807, 2.05) is 18.2 Å². The molecule has 2 aromatic rings. The van der Waals surface area contributed by atoms with Crippen LogP contribution < -0.4 is 14.8 Å². The molecule has 0 saturated carbocycles. The zero-order chi connectivity index (χ0) is 19.1. The molecule has 0 atom stereocenters. The first-order valence-electron chi connectivity index (χ1n) is 8.19. The van der Waals surface area contributed by atoms with Gasteiger partial charge in [-0.2, -0.15) is 0 Å². The van der Waals surface area contributed by atoms with Crippen molar-refractivity contribution in [1.29, 1.82) is 0 Å². The minimum absolute atomic E-state index is 0.367. The largest absolute Gasteiger partial charge is 0.493 e. The van der Waals surface area contributed by atoms with Gasteiger partial charge in [0.05, 0.1) is 21.6 Å². The molecule has 0 aliphatic rings. The lowest BCUT2D eigenvalue weighted by molar-refractivity contribution is 0.282. The highest BCUT2D eigenvalue weighted by molar-refractivity contribution is 9.10. The van der Waals surface area contributed by atoms with Gasteiger partial charge in [-0.1, -0.05) is 29.3 Å². The molecule has 0 aliphatic carbocycles. The Bertz CT molecular complexity index is 742. The predicted molar refractivity (Wildman–Crippen MR) is 112 cm³/mol. The zero-order valence-corrected chi connectivity index (χ0v) is 18.2. The van der Waals surface area contributed by atoms with Crippen molar-refractivity contribution in [3.05, 3.63) is 56.0 Å².